The smallest absolute Gasteiger partial charge is 0.161 e. The summed E-state index contributed by atoms with van der Waals surface area (Å²) in [6, 6.07) is 5.81. The number of hydrogen-bond acceptors (Lipinski definition) is 4. The van der Waals surface area contributed by atoms with Gasteiger partial charge < -0.3 is 19.7 Å². The SMILES string of the molecule is CCCCCOc1ccc(CCC(O)CO)cc1OC. The lowest BCUT2D eigenvalue weighted by Crippen LogP contribution is -2.12. The van der Waals surface area contributed by atoms with Crippen molar-refractivity contribution in [3.63, 3.8) is 0 Å². The summed E-state index contributed by atoms with van der Waals surface area (Å²) in [4.78, 5) is 0. The lowest BCUT2D eigenvalue weighted by Gasteiger charge is -2.13. The van der Waals surface area contributed by atoms with E-state index in [4.69, 9.17) is 14.6 Å². The molecule has 0 aromatic heterocycles. The van der Waals surface area contributed by atoms with Crippen LogP contribution >= 0.6 is 0 Å². The van der Waals surface area contributed by atoms with E-state index in [0.717, 1.165) is 23.5 Å². The number of rotatable bonds is 10. The number of methoxy groups -OCH3 is 1. The molecule has 1 atom stereocenters. The molecular formula is C16H26O4. The highest BCUT2D eigenvalue weighted by atomic mass is 16.5. The second-order valence-electron chi connectivity index (χ2n) is 4.92. The van der Waals surface area contributed by atoms with Crippen molar-refractivity contribution in [2.24, 2.45) is 0 Å². The summed E-state index contributed by atoms with van der Waals surface area (Å²) in [7, 11) is 1.63. The molecule has 0 saturated heterocycles. The van der Waals surface area contributed by atoms with E-state index in [1.807, 2.05) is 18.2 Å². The molecule has 0 aliphatic carbocycles. The molecule has 1 unspecified atom stereocenters. The number of aliphatic hydroxyl groups is 2. The van der Waals surface area contributed by atoms with Crippen LogP contribution in [-0.2, 0) is 6.42 Å². The number of benzene rings is 1. The van der Waals surface area contributed by atoms with Gasteiger partial charge in [0.2, 0.25) is 0 Å². The molecule has 4 nitrogen and oxygen atoms in total. The number of aryl methyl sites for hydroxylation is 1. The van der Waals surface area contributed by atoms with Crippen molar-refractivity contribution in [2.45, 2.75) is 45.1 Å². The molecule has 114 valence electrons. The molecule has 2 N–H and O–H groups in total. The van der Waals surface area contributed by atoms with Crippen LogP contribution in [-0.4, -0.2) is 36.6 Å². The first kappa shape index (κ1) is 16.8. The van der Waals surface area contributed by atoms with E-state index in [2.05, 4.69) is 6.92 Å². The van der Waals surface area contributed by atoms with Gasteiger partial charge in [0.25, 0.3) is 0 Å². The molecule has 0 bridgehead atoms. The minimum atomic E-state index is -0.661. The van der Waals surface area contributed by atoms with E-state index in [-0.39, 0.29) is 6.61 Å². The van der Waals surface area contributed by atoms with E-state index in [9.17, 15) is 5.11 Å². The maximum absolute atomic E-state index is 9.36. The van der Waals surface area contributed by atoms with Gasteiger partial charge in [-0.15, -0.1) is 0 Å². The quantitative estimate of drug-likeness (QED) is 0.648. The van der Waals surface area contributed by atoms with E-state index >= 15 is 0 Å². The topological polar surface area (TPSA) is 58.9 Å². The molecule has 0 heterocycles. The van der Waals surface area contributed by atoms with Crippen LogP contribution in [0.4, 0.5) is 0 Å². The summed E-state index contributed by atoms with van der Waals surface area (Å²) in [5.41, 5.74) is 1.07. The van der Waals surface area contributed by atoms with Gasteiger partial charge in [-0.3, -0.25) is 0 Å². The van der Waals surface area contributed by atoms with Crippen LogP contribution in [0.3, 0.4) is 0 Å². The zero-order valence-electron chi connectivity index (χ0n) is 12.5. The van der Waals surface area contributed by atoms with Crippen LogP contribution in [0.1, 0.15) is 38.2 Å². The first-order valence-corrected chi connectivity index (χ1v) is 7.29. The van der Waals surface area contributed by atoms with Crippen molar-refractivity contribution >= 4 is 0 Å². The highest BCUT2D eigenvalue weighted by molar-refractivity contribution is 5.43. The molecule has 1 aromatic rings. The number of unbranched alkanes of at least 4 members (excludes halogenated alkanes) is 2. The molecule has 1 rings (SSSR count). The van der Waals surface area contributed by atoms with Gasteiger partial charge in [-0.2, -0.15) is 0 Å². The summed E-state index contributed by atoms with van der Waals surface area (Å²) in [5, 5.41) is 18.2. The Balaban J connectivity index is 2.55. The minimum Gasteiger partial charge on any atom is -0.493 e. The second kappa shape index (κ2) is 9.61. The Bertz CT molecular complexity index is 379. The van der Waals surface area contributed by atoms with Gasteiger partial charge >= 0.3 is 0 Å². The van der Waals surface area contributed by atoms with Crippen molar-refractivity contribution in [1.82, 2.24) is 0 Å². The van der Waals surface area contributed by atoms with Crippen LogP contribution < -0.4 is 9.47 Å². The van der Waals surface area contributed by atoms with Crippen molar-refractivity contribution in [1.29, 1.82) is 0 Å². The van der Waals surface area contributed by atoms with Gasteiger partial charge in [-0.25, -0.2) is 0 Å². The maximum Gasteiger partial charge on any atom is 0.161 e. The summed E-state index contributed by atoms with van der Waals surface area (Å²) in [6.45, 7) is 2.67. The predicted molar refractivity (Wildman–Crippen MR) is 79.4 cm³/mol. The Morgan fingerprint density at radius 3 is 2.65 bits per heavy atom. The summed E-state index contributed by atoms with van der Waals surface area (Å²) >= 11 is 0. The van der Waals surface area contributed by atoms with Crippen LogP contribution in [0, 0.1) is 0 Å². The molecule has 1 aromatic carbocycles. The van der Waals surface area contributed by atoms with Gasteiger partial charge in [-0.05, 0) is 37.0 Å². The first-order chi connectivity index (χ1) is 9.71. The largest absolute Gasteiger partial charge is 0.493 e. The van der Waals surface area contributed by atoms with Crippen molar-refractivity contribution in [3.05, 3.63) is 23.8 Å². The molecule has 0 amide bonds. The molecular weight excluding hydrogens is 256 g/mol. The van der Waals surface area contributed by atoms with Gasteiger partial charge in [-0.1, -0.05) is 25.8 Å². The van der Waals surface area contributed by atoms with E-state index in [1.165, 1.54) is 12.8 Å². The zero-order valence-corrected chi connectivity index (χ0v) is 12.5. The third kappa shape index (κ3) is 5.80. The standard InChI is InChI=1S/C16H26O4/c1-3-4-5-10-20-15-9-7-13(11-16(15)19-2)6-8-14(18)12-17/h7,9,11,14,17-18H,3-6,8,10,12H2,1-2H3. The minimum absolute atomic E-state index is 0.199. The van der Waals surface area contributed by atoms with Crippen molar-refractivity contribution in [3.8, 4) is 11.5 Å². The highest BCUT2D eigenvalue weighted by Crippen LogP contribution is 2.28. The number of aliphatic hydroxyl groups excluding tert-OH is 2. The molecule has 0 aliphatic heterocycles. The molecule has 0 fully saturated rings. The van der Waals surface area contributed by atoms with Crippen molar-refractivity contribution in [2.75, 3.05) is 20.3 Å². The van der Waals surface area contributed by atoms with Gasteiger partial charge in [0.1, 0.15) is 0 Å². The highest BCUT2D eigenvalue weighted by Gasteiger charge is 2.08. The molecule has 0 spiro atoms. The molecule has 20 heavy (non-hydrogen) atoms. The van der Waals surface area contributed by atoms with Crippen molar-refractivity contribution < 1.29 is 19.7 Å². The first-order valence-electron chi connectivity index (χ1n) is 7.29. The predicted octanol–water partition coefficient (Wildman–Crippen LogP) is 2.55. The van der Waals surface area contributed by atoms with E-state index < -0.39 is 6.10 Å². The molecule has 0 saturated carbocycles. The summed E-state index contributed by atoms with van der Waals surface area (Å²) in [6.07, 6.45) is 3.96. The van der Waals surface area contributed by atoms with Gasteiger partial charge in [0.05, 0.1) is 26.4 Å². The summed E-state index contributed by atoms with van der Waals surface area (Å²) in [5.74, 6) is 1.48. The normalized spacial score (nSPS) is 12.2. The Labute approximate surface area is 121 Å². The monoisotopic (exact) mass is 282 g/mol. The van der Waals surface area contributed by atoms with Crippen LogP contribution in [0.25, 0.3) is 0 Å². The fourth-order valence-electron chi connectivity index (χ4n) is 1.95. The summed E-state index contributed by atoms with van der Waals surface area (Å²) < 4.78 is 11.1. The van der Waals surface area contributed by atoms with Crippen LogP contribution in [0.5, 0.6) is 11.5 Å². The fourth-order valence-corrected chi connectivity index (χ4v) is 1.95. The lowest BCUT2D eigenvalue weighted by atomic mass is 10.1. The zero-order chi connectivity index (χ0) is 14.8. The van der Waals surface area contributed by atoms with Gasteiger partial charge in [0.15, 0.2) is 11.5 Å². The lowest BCUT2D eigenvalue weighted by molar-refractivity contribution is 0.0885. The maximum atomic E-state index is 9.36. The van der Waals surface area contributed by atoms with Gasteiger partial charge in [0, 0.05) is 0 Å². The number of hydrogen-bond donors (Lipinski definition) is 2. The molecule has 0 radical (unpaired) electrons. The number of ether oxygens (including phenoxy) is 2. The third-order valence-corrected chi connectivity index (χ3v) is 3.21. The fraction of sp³-hybridized carbons (Fsp3) is 0.625. The Kier molecular flexibility index (Phi) is 8.07. The average Bonchev–Trinajstić information content (AvgIpc) is 2.49. The van der Waals surface area contributed by atoms with Crippen LogP contribution in [0.2, 0.25) is 0 Å². The Hall–Kier alpha value is -1.26. The van der Waals surface area contributed by atoms with E-state index in [0.29, 0.717) is 19.4 Å². The molecule has 4 heteroatoms. The van der Waals surface area contributed by atoms with E-state index in [1.54, 1.807) is 7.11 Å². The Morgan fingerprint density at radius 1 is 1.20 bits per heavy atom. The third-order valence-electron chi connectivity index (χ3n) is 3.21. The Morgan fingerprint density at radius 2 is 2.00 bits per heavy atom. The second-order valence-corrected chi connectivity index (χ2v) is 4.92. The average molecular weight is 282 g/mol. The van der Waals surface area contributed by atoms with Crippen LogP contribution in [0.15, 0.2) is 18.2 Å². The molecule has 0 aliphatic rings.